The summed E-state index contributed by atoms with van der Waals surface area (Å²) in [5.41, 5.74) is 0.477. The Labute approximate surface area is 132 Å². The maximum Gasteiger partial charge on any atom is 0.0468 e. The molecule has 2 nitrogen and oxygen atoms in total. The van der Waals surface area contributed by atoms with Gasteiger partial charge in [-0.2, -0.15) is 0 Å². The van der Waals surface area contributed by atoms with Crippen molar-refractivity contribution >= 4 is 0 Å². The van der Waals surface area contributed by atoms with Gasteiger partial charge in [-0.15, -0.1) is 0 Å². The van der Waals surface area contributed by atoms with Gasteiger partial charge in [-0.3, -0.25) is 0 Å². The maximum absolute atomic E-state index is 5.60. The van der Waals surface area contributed by atoms with Crippen LogP contribution in [-0.2, 0) is 4.74 Å². The zero-order chi connectivity index (χ0) is 15.3. The fourth-order valence-corrected chi connectivity index (χ4v) is 4.49. The molecule has 124 valence electrons. The summed E-state index contributed by atoms with van der Waals surface area (Å²) < 4.78 is 5.60. The molecule has 1 saturated carbocycles. The van der Waals surface area contributed by atoms with E-state index >= 15 is 0 Å². The van der Waals surface area contributed by atoms with Crippen LogP contribution in [0.25, 0.3) is 0 Å². The molecule has 2 heteroatoms. The van der Waals surface area contributed by atoms with Crippen LogP contribution in [-0.4, -0.2) is 26.3 Å². The number of ether oxygens (including phenoxy) is 1. The Kier molecular flexibility index (Phi) is 6.55. The highest BCUT2D eigenvalue weighted by Crippen LogP contribution is 2.46. The van der Waals surface area contributed by atoms with Crippen LogP contribution in [0.15, 0.2) is 0 Å². The van der Waals surface area contributed by atoms with Crippen LogP contribution in [0.1, 0.15) is 66.2 Å². The van der Waals surface area contributed by atoms with Crippen molar-refractivity contribution in [3.8, 4) is 0 Å². The van der Waals surface area contributed by atoms with E-state index < -0.39 is 0 Å². The topological polar surface area (TPSA) is 21.3 Å². The number of rotatable bonds is 5. The Hall–Kier alpha value is -0.0800. The van der Waals surface area contributed by atoms with Crippen LogP contribution >= 0.6 is 0 Å². The van der Waals surface area contributed by atoms with Crippen molar-refractivity contribution in [1.29, 1.82) is 0 Å². The standard InChI is InChI=1S/C19H37NO/c1-5-10-20-14-16-6-7-17(19(2,3)4)13-18(16)15-8-11-21-12-9-15/h15-18,20H,5-14H2,1-4H3. The van der Waals surface area contributed by atoms with Gasteiger partial charge in [0, 0.05) is 13.2 Å². The normalized spacial score (nSPS) is 32.3. The Morgan fingerprint density at radius 1 is 1.05 bits per heavy atom. The zero-order valence-electron chi connectivity index (χ0n) is 14.8. The predicted molar refractivity (Wildman–Crippen MR) is 90.5 cm³/mol. The van der Waals surface area contributed by atoms with Gasteiger partial charge in [0.1, 0.15) is 0 Å². The highest BCUT2D eigenvalue weighted by Gasteiger charge is 2.39. The first-order valence-corrected chi connectivity index (χ1v) is 9.30. The third-order valence-corrected chi connectivity index (χ3v) is 5.98. The minimum atomic E-state index is 0.477. The predicted octanol–water partition coefficient (Wildman–Crippen LogP) is 4.49. The highest BCUT2D eigenvalue weighted by atomic mass is 16.5. The summed E-state index contributed by atoms with van der Waals surface area (Å²) in [5.74, 6) is 3.65. The number of hydrogen-bond acceptors (Lipinski definition) is 2. The summed E-state index contributed by atoms with van der Waals surface area (Å²) >= 11 is 0. The summed E-state index contributed by atoms with van der Waals surface area (Å²) in [6.07, 6.45) is 8.16. The van der Waals surface area contributed by atoms with Crippen LogP contribution in [0.3, 0.4) is 0 Å². The minimum absolute atomic E-state index is 0.477. The average molecular weight is 296 g/mol. The molecule has 2 aliphatic rings. The van der Waals surface area contributed by atoms with E-state index in [0.29, 0.717) is 5.41 Å². The lowest BCUT2D eigenvalue weighted by molar-refractivity contribution is 0.000330. The van der Waals surface area contributed by atoms with Gasteiger partial charge in [-0.1, -0.05) is 27.7 Å². The quantitative estimate of drug-likeness (QED) is 0.754. The van der Waals surface area contributed by atoms with Crippen molar-refractivity contribution in [2.24, 2.45) is 29.1 Å². The second kappa shape index (κ2) is 7.97. The lowest BCUT2D eigenvalue weighted by Gasteiger charge is -2.46. The highest BCUT2D eigenvalue weighted by molar-refractivity contribution is 4.90. The number of nitrogens with one attached hydrogen (secondary N) is 1. The molecule has 0 aromatic rings. The fourth-order valence-electron chi connectivity index (χ4n) is 4.49. The van der Waals surface area contributed by atoms with E-state index in [1.54, 1.807) is 0 Å². The fraction of sp³-hybridized carbons (Fsp3) is 1.00. The summed E-state index contributed by atoms with van der Waals surface area (Å²) in [6.45, 7) is 14.0. The Morgan fingerprint density at radius 3 is 2.38 bits per heavy atom. The third kappa shape index (κ3) is 4.96. The van der Waals surface area contributed by atoms with Gasteiger partial charge < -0.3 is 10.1 Å². The molecule has 2 rings (SSSR count). The lowest BCUT2D eigenvalue weighted by Crippen LogP contribution is -2.41. The molecule has 0 amide bonds. The van der Waals surface area contributed by atoms with Gasteiger partial charge in [-0.25, -0.2) is 0 Å². The summed E-state index contributed by atoms with van der Waals surface area (Å²) in [4.78, 5) is 0. The zero-order valence-corrected chi connectivity index (χ0v) is 14.8. The maximum atomic E-state index is 5.60. The van der Waals surface area contributed by atoms with E-state index in [-0.39, 0.29) is 0 Å². The molecule has 0 spiro atoms. The van der Waals surface area contributed by atoms with E-state index in [1.165, 1.54) is 51.6 Å². The first-order chi connectivity index (χ1) is 10.0. The monoisotopic (exact) mass is 295 g/mol. The largest absolute Gasteiger partial charge is 0.381 e. The number of hydrogen-bond donors (Lipinski definition) is 1. The van der Waals surface area contributed by atoms with Gasteiger partial charge in [0.25, 0.3) is 0 Å². The van der Waals surface area contributed by atoms with E-state index in [2.05, 4.69) is 33.0 Å². The van der Waals surface area contributed by atoms with Crippen molar-refractivity contribution in [1.82, 2.24) is 5.32 Å². The van der Waals surface area contributed by atoms with Gasteiger partial charge >= 0.3 is 0 Å². The minimum Gasteiger partial charge on any atom is -0.381 e. The molecule has 3 unspecified atom stereocenters. The molecule has 1 heterocycles. The van der Waals surface area contributed by atoms with Crippen molar-refractivity contribution in [3.63, 3.8) is 0 Å². The van der Waals surface area contributed by atoms with E-state index in [4.69, 9.17) is 4.74 Å². The summed E-state index contributed by atoms with van der Waals surface area (Å²) in [5, 5.41) is 3.70. The molecule has 1 aliphatic heterocycles. The van der Waals surface area contributed by atoms with Gasteiger partial charge in [0.2, 0.25) is 0 Å². The Bertz CT molecular complexity index is 290. The van der Waals surface area contributed by atoms with E-state index in [9.17, 15) is 0 Å². The Balaban J connectivity index is 1.98. The van der Waals surface area contributed by atoms with Crippen molar-refractivity contribution in [2.45, 2.75) is 66.2 Å². The van der Waals surface area contributed by atoms with Crippen molar-refractivity contribution in [3.05, 3.63) is 0 Å². The SMILES string of the molecule is CCCNCC1CCC(C(C)(C)C)CC1C1CCOCC1. The van der Waals surface area contributed by atoms with Crippen LogP contribution in [0.4, 0.5) is 0 Å². The van der Waals surface area contributed by atoms with Crippen LogP contribution in [0.5, 0.6) is 0 Å². The lowest BCUT2D eigenvalue weighted by atomic mass is 9.61. The van der Waals surface area contributed by atoms with Crippen LogP contribution in [0, 0.1) is 29.1 Å². The molecule has 3 atom stereocenters. The molecule has 1 aliphatic carbocycles. The van der Waals surface area contributed by atoms with Gasteiger partial charge in [0.05, 0.1) is 0 Å². The molecule has 0 bridgehead atoms. The molecule has 0 radical (unpaired) electrons. The second-order valence-corrected chi connectivity index (χ2v) is 8.45. The molecular weight excluding hydrogens is 258 g/mol. The van der Waals surface area contributed by atoms with E-state index in [0.717, 1.165) is 36.9 Å². The smallest absolute Gasteiger partial charge is 0.0468 e. The first kappa shape index (κ1) is 17.3. The molecular formula is C19H37NO. The average Bonchev–Trinajstić information content (AvgIpc) is 2.47. The molecule has 1 saturated heterocycles. The summed E-state index contributed by atoms with van der Waals surface area (Å²) in [7, 11) is 0. The molecule has 1 N–H and O–H groups in total. The molecule has 0 aromatic heterocycles. The Morgan fingerprint density at radius 2 is 1.76 bits per heavy atom. The molecule has 2 fully saturated rings. The van der Waals surface area contributed by atoms with Crippen LogP contribution < -0.4 is 5.32 Å². The summed E-state index contributed by atoms with van der Waals surface area (Å²) in [6, 6.07) is 0. The molecule has 0 aromatic carbocycles. The van der Waals surface area contributed by atoms with E-state index in [1.807, 2.05) is 0 Å². The van der Waals surface area contributed by atoms with Crippen molar-refractivity contribution < 1.29 is 4.74 Å². The molecule has 21 heavy (non-hydrogen) atoms. The van der Waals surface area contributed by atoms with Gasteiger partial charge in [0.15, 0.2) is 0 Å². The first-order valence-electron chi connectivity index (χ1n) is 9.30. The second-order valence-electron chi connectivity index (χ2n) is 8.45. The van der Waals surface area contributed by atoms with Gasteiger partial charge in [-0.05, 0) is 80.7 Å². The van der Waals surface area contributed by atoms with Crippen molar-refractivity contribution in [2.75, 3.05) is 26.3 Å². The third-order valence-electron chi connectivity index (χ3n) is 5.98. The van der Waals surface area contributed by atoms with Crippen LogP contribution in [0.2, 0.25) is 0 Å².